The van der Waals surface area contributed by atoms with E-state index in [1.807, 2.05) is 12.1 Å². The van der Waals surface area contributed by atoms with E-state index < -0.39 is 0 Å². The van der Waals surface area contributed by atoms with E-state index in [4.69, 9.17) is 0 Å². The molecule has 1 saturated carbocycles. The van der Waals surface area contributed by atoms with Crippen molar-refractivity contribution in [3.05, 3.63) is 29.3 Å². The summed E-state index contributed by atoms with van der Waals surface area (Å²) in [5.41, 5.74) is 4.31. The first-order valence-corrected chi connectivity index (χ1v) is 7.27. The van der Waals surface area contributed by atoms with Gasteiger partial charge in [0.05, 0.1) is 0 Å². The lowest BCUT2D eigenvalue weighted by atomic mass is 9.85. The lowest BCUT2D eigenvalue weighted by molar-refractivity contribution is -0.577. The molecule has 4 rings (SSSR count). The topological polar surface area (TPSA) is 23.2 Å². The van der Waals surface area contributed by atoms with Crippen LogP contribution in [0.5, 0.6) is 5.75 Å². The lowest BCUT2D eigenvalue weighted by Gasteiger charge is -2.29. The van der Waals surface area contributed by atoms with E-state index in [2.05, 4.69) is 10.6 Å². The smallest absolute Gasteiger partial charge is 0.183 e. The molecule has 0 aromatic heterocycles. The van der Waals surface area contributed by atoms with Gasteiger partial charge in [0.1, 0.15) is 12.3 Å². The zero-order chi connectivity index (χ0) is 12.1. The molecule has 0 saturated heterocycles. The Kier molecular flexibility index (Phi) is 3.42. The van der Waals surface area contributed by atoms with Gasteiger partial charge in [0.2, 0.25) is 0 Å². The molecule has 1 aromatic carbocycles. The lowest BCUT2D eigenvalue weighted by Crippen LogP contribution is -3.00. The monoisotopic (exact) mass is 321 g/mol. The molecule has 2 atom stereocenters. The zero-order valence-corrected chi connectivity index (χ0v) is 12.7. The molecule has 0 spiro atoms. The average molecular weight is 322 g/mol. The van der Waals surface area contributed by atoms with E-state index in [1.54, 1.807) is 5.71 Å². The summed E-state index contributed by atoms with van der Waals surface area (Å²) in [4.78, 5) is 0. The van der Waals surface area contributed by atoms with E-state index in [1.165, 1.54) is 43.2 Å². The van der Waals surface area contributed by atoms with Gasteiger partial charge < -0.3 is 22.1 Å². The van der Waals surface area contributed by atoms with Gasteiger partial charge in [-0.15, -0.1) is 0 Å². The maximum atomic E-state index is 9.61. The van der Waals surface area contributed by atoms with Crippen molar-refractivity contribution in [2.24, 2.45) is 5.92 Å². The molecule has 1 aromatic rings. The molecule has 102 valence electrons. The number of hydrogen-bond donors (Lipinski definition) is 1. The van der Waals surface area contributed by atoms with Crippen molar-refractivity contribution in [3.63, 3.8) is 0 Å². The Balaban J connectivity index is 0.00000110. The third-order valence-corrected chi connectivity index (χ3v) is 5.14. The van der Waals surface area contributed by atoms with Crippen LogP contribution in [-0.2, 0) is 6.42 Å². The van der Waals surface area contributed by atoms with Crippen LogP contribution in [0.3, 0.4) is 0 Å². The van der Waals surface area contributed by atoms with E-state index in [0.29, 0.717) is 5.75 Å². The van der Waals surface area contributed by atoms with Crippen molar-refractivity contribution in [1.82, 2.24) is 0 Å². The SMILES string of the molecule is Oc1ccc2c(c1)CC[N+]1=C2CC[C@@H]2CCC[C@@H]21.[Br-]. The number of benzene rings is 1. The number of aromatic hydroxyl groups is 1. The minimum atomic E-state index is 0. The van der Waals surface area contributed by atoms with Gasteiger partial charge in [-0.25, -0.2) is 4.58 Å². The summed E-state index contributed by atoms with van der Waals surface area (Å²) >= 11 is 0. The molecule has 0 amide bonds. The normalized spacial score (nSPS) is 28.2. The van der Waals surface area contributed by atoms with E-state index in [-0.39, 0.29) is 17.0 Å². The number of hydrogen-bond acceptors (Lipinski definition) is 1. The minimum absolute atomic E-state index is 0. The Bertz CT molecular complexity index is 538. The molecular formula is C16H20BrNO. The fraction of sp³-hybridized carbons (Fsp3) is 0.562. The first-order valence-electron chi connectivity index (χ1n) is 7.27. The average Bonchev–Trinajstić information content (AvgIpc) is 2.86. The Morgan fingerprint density at radius 1 is 1.11 bits per heavy atom. The van der Waals surface area contributed by atoms with Crippen molar-refractivity contribution in [3.8, 4) is 5.75 Å². The summed E-state index contributed by atoms with van der Waals surface area (Å²) < 4.78 is 2.69. The molecule has 0 radical (unpaired) electrons. The van der Waals surface area contributed by atoms with Gasteiger partial charge in [0, 0.05) is 30.7 Å². The van der Waals surface area contributed by atoms with E-state index in [9.17, 15) is 5.11 Å². The molecule has 3 aliphatic rings. The molecule has 19 heavy (non-hydrogen) atoms. The summed E-state index contributed by atoms with van der Waals surface area (Å²) in [5, 5.41) is 9.61. The highest BCUT2D eigenvalue weighted by molar-refractivity contribution is 5.99. The van der Waals surface area contributed by atoms with Gasteiger partial charge in [-0.3, -0.25) is 0 Å². The van der Waals surface area contributed by atoms with Crippen LogP contribution in [-0.4, -0.2) is 28.0 Å². The molecule has 0 bridgehead atoms. The van der Waals surface area contributed by atoms with Crippen LogP contribution in [0, 0.1) is 5.92 Å². The number of rotatable bonds is 0. The van der Waals surface area contributed by atoms with Crippen molar-refractivity contribution in [2.75, 3.05) is 6.54 Å². The third-order valence-electron chi connectivity index (χ3n) is 5.14. The Hall–Kier alpha value is -0.830. The summed E-state index contributed by atoms with van der Waals surface area (Å²) in [6.07, 6.45) is 7.95. The van der Waals surface area contributed by atoms with Crippen molar-refractivity contribution in [2.45, 2.75) is 44.6 Å². The molecule has 0 unspecified atom stereocenters. The molecule has 1 fully saturated rings. The van der Waals surface area contributed by atoms with Gasteiger partial charge in [-0.1, -0.05) is 0 Å². The van der Waals surface area contributed by atoms with Crippen LogP contribution in [0.1, 0.15) is 43.2 Å². The Morgan fingerprint density at radius 2 is 2.00 bits per heavy atom. The molecule has 2 nitrogen and oxygen atoms in total. The fourth-order valence-corrected chi connectivity index (χ4v) is 4.33. The third kappa shape index (κ3) is 2.03. The van der Waals surface area contributed by atoms with Gasteiger partial charge in [0.25, 0.3) is 0 Å². The highest BCUT2D eigenvalue weighted by atomic mass is 79.9. The van der Waals surface area contributed by atoms with Crippen molar-refractivity contribution < 1.29 is 26.7 Å². The van der Waals surface area contributed by atoms with E-state index >= 15 is 0 Å². The van der Waals surface area contributed by atoms with Crippen molar-refractivity contribution >= 4 is 5.71 Å². The first kappa shape index (κ1) is 13.2. The van der Waals surface area contributed by atoms with Gasteiger partial charge in [-0.2, -0.15) is 0 Å². The largest absolute Gasteiger partial charge is 1.00 e. The van der Waals surface area contributed by atoms with Crippen LogP contribution in [0.15, 0.2) is 18.2 Å². The number of fused-ring (bicyclic) bond motifs is 4. The minimum Gasteiger partial charge on any atom is -1.00 e. The summed E-state index contributed by atoms with van der Waals surface area (Å²) in [7, 11) is 0. The Labute approximate surface area is 124 Å². The molecular weight excluding hydrogens is 302 g/mol. The number of halogens is 1. The standard InChI is InChI=1S/C16H19NO.BrH/c18-13-5-6-14-12(10-13)8-9-17-15-3-1-2-11(15)4-7-16(14)17;/h5-6,10-11,15H,1-4,7-9H2;1H/t11-,15-;/m0./s1. The zero-order valence-electron chi connectivity index (χ0n) is 11.1. The number of nitrogens with zero attached hydrogens (tertiary/aromatic N) is 1. The molecule has 1 N–H and O–H groups in total. The second-order valence-corrected chi connectivity index (χ2v) is 6.03. The summed E-state index contributed by atoms with van der Waals surface area (Å²) in [6.45, 7) is 1.16. The van der Waals surface area contributed by atoms with Crippen LogP contribution in [0.25, 0.3) is 0 Å². The first-order chi connectivity index (χ1) is 8.83. The highest BCUT2D eigenvalue weighted by Gasteiger charge is 2.42. The van der Waals surface area contributed by atoms with Crippen LogP contribution >= 0.6 is 0 Å². The number of phenolic OH excluding ortho intramolecular Hbond substituents is 1. The van der Waals surface area contributed by atoms with Gasteiger partial charge >= 0.3 is 0 Å². The molecule has 2 heterocycles. The van der Waals surface area contributed by atoms with Crippen LogP contribution in [0.4, 0.5) is 0 Å². The molecule has 3 heteroatoms. The second-order valence-electron chi connectivity index (χ2n) is 6.03. The summed E-state index contributed by atoms with van der Waals surface area (Å²) in [5.74, 6) is 1.37. The van der Waals surface area contributed by atoms with Crippen LogP contribution < -0.4 is 17.0 Å². The fourth-order valence-electron chi connectivity index (χ4n) is 4.33. The maximum absolute atomic E-state index is 9.61. The highest BCUT2D eigenvalue weighted by Crippen LogP contribution is 2.38. The van der Waals surface area contributed by atoms with Gasteiger partial charge in [-0.05, 0) is 43.0 Å². The number of phenols is 1. The quantitative estimate of drug-likeness (QED) is 0.653. The van der Waals surface area contributed by atoms with Gasteiger partial charge in [0.15, 0.2) is 11.8 Å². The molecule has 1 aliphatic carbocycles. The Morgan fingerprint density at radius 3 is 2.89 bits per heavy atom. The van der Waals surface area contributed by atoms with E-state index in [0.717, 1.165) is 24.9 Å². The molecule has 2 aliphatic heterocycles. The summed E-state index contributed by atoms with van der Waals surface area (Å²) in [6, 6.07) is 6.74. The predicted octanol–water partition coefficient (Wildman–Crippen LogP) is -0.284. The second kappa shape index (κ2) is 4.93. The van der Waals surface area contributed by atoms with Crippen LogP contribution in [0.2, 0.25) is 0 Å². The maximum Gasteiger partial charge on any atom is 0.183 e. The van der Waals surface area contributed by atoms with Crippen molar-refractivity contribution in [1.29, 1.82) is 0 Å². The predicted molar refractivity (Wildman–Crippen MR) is 71.4 cm³/mol.